The summed E-state index contributed by atoms with van der Waals surface area (Å²) in [5.74, 6) is 0.819. The Morgan fingerprint density at radius 1 is 1.23 bits per heavy atom. The molecule has 8 heteroatoms. The van der Waals surface area contributed by atoms with E-state index < -0.39 is 6.36 Å². The first kappa shape index (κ1) is 16.3. The van der Waals surface area contributed by atoms with E-state index in [1.165, 1.54) is 12.1 Å². The van der Waals surface area contributed by atoms with Crippen LogP contribution in [0.25, 0.3) is 0 Å². The summed E-state index contributed by atoms with van der Waals surface area (Å²) < 4.78 is 46.2. The van der Waals surface area contributed by atoms with Crippen LogP contribution in [0.2, 0.25) is 0 Å². The number of para-hydroxylation sites is 1. The number of nitrogens with zero attached hydrogens (tertiary/aromatic N) is 3. The summed E-state index contributed by atoms with van der Waals surface area (Å²) in [6, 6.07) is 6.03. The van der Waals surface area contributed by atoms with Gasteiger partial charge in [0.2, 0.25) is 5.89 Å². The maximum Gasteiger partial charge on any atom is 0.573 e. The van der Waals surface area contributed by atoms with Crippen molar-refractivity contribution in [3.63, 3.8) is 0 Å². The molecule has 0 atom stereocenters. The molecule has 0 aliphatic heterocycles. The summed E-state index contributed by atoms with van der Waals surface area (Å²) in [5.41, 5.74) is 0.428. The molecule has 2 aromatic rings. The van der Waals surface area contributed by atoms with Gasteiger partial charge in [-0.25, -0.2) is 0 Å². The van der Waals surface area contributed by atoms with Crippen molar-refractivity contribution in [1.82, 2.24) is 15.0 Å². The summed E-state index contributed by atoms with van der Waals surface area (Å²) in [6.45, 7) is 2.51. The maximum atomic E-state index is 12.4. The van der Waals surface area contributed by atoms with Gasteiger partial charge in [-0.3, -0.25) is 4.90 Å². The Balaban J connectivity index is 2.03. The van der Waals surface area contributed by atoms with E-state index >= 15 is 0 Å². The van der Waals surface area contributed by atoms with E-state index in [-0.39, 0.29) is 12.3 Å². The molecule has 120 valence electrons. The first-order chi connectivity index (χ1) is 10.4. The number of benzene rings is 1. The predicted molar refractivity (Wildman–Crippen MR) is 72.0 cm³/mol. The fraction of sp³-hybridized carbons (Fsp3) is 0.429. The van der Waals surface area contributed by atoms with E-state index in [0.29, 0.717) is 30.2 Å². The first-order valence-corrected chi connectivity index (χ1v) is 6.71. The molecule has 0 bridgehead atoms. The zero-order valence-electron chi connectivity index (χ0n) is 12.2. The quantitative estimate of drug-likeness (QED) is 0.819. The second-order valence-electron chi connectivity index (χ2n) is 4.79. The molecule has 5 nitrogen and oxygen atoms in total. The van der Waals surface area contributed by atoms with Gasteiger partial charge in [-0.15, -0.1) is 13.2 Å². The summed E-state index contributed by atoms with van der Waals surface area (Å²) in [4.78, 5) is 5.93. The Morgan fingerprint density at radius 3 is 2.59 bits per heavy atom. The Kier molecular flexibility index (Phi) is 5.02. The van der Waals surface area contributed by atoms with Crippen molar-refractivity contribution in [3.05, 3.63) is 41.5 Å². The van der Waals surface area contributed by atoms with Crippen molar-refractivity contribution in [3.8, 4) is 5.75 Å². The lowest BCUT2D eigenvalue weighted by Gasteiger charge is -2.18. The number of aromatic nitrogens is 2. The van der Waals surface area contributed by atoms with Crippen molar-refractivity contribution in [2.75, 3.05) is 7.05 Å². The molecule has 22 heavy (non-hydrogen) atoms. The molecule has 0 saturated carbocycles. The average Bonchev–Trinajstić information content (AvgIpc) is 2.87. The molecule has 0 saturated heterocycles. The lowest BCUT2D eigenvalue weighted by atomic mass is 10.2. The average molecular weight is 315 g/mol. The molecule has 0 amide bonds. The van der Waals surface area contributed by atoms with Gasteiger partial charge in [0.1, 0.15) is 5.75 Å². The Labute approximate surface area is 125 Å². The van der Waals surface area contributed by atoms with Crippen LogP contribution in [-0.2, 0) is 19.5 Å². The number of alkyl halides is 3. The Hall–Kier alpha value is -2.09. The van der Waals surface area contributed by atoms with Gasteiger partial charge in [0, 0.05) is 18.5 Å². The Morgan fingerprint density at radius 2 is 1.95 bits per heavy atom. The molecule has 0 radical (unpaired) electrons. The number of halogens is 3. The second kappa shape index (κ2) is 6.78. The SMILES string of the molecule is CCc1noc(CN(C)Cc2ccccc2OC(F)(F)F)n1. The monoisotopic (exact) mass is 315 g/mol. The largest absolute Gasteiger partial charge is 0.573 e. The molecule has 0 spiro atoms. The minimum Gasteiger partial charge on any atom is -0.405 e. The molecular weight excluding hydrogens is 299 g/mol. The van der Waals surface area contributed by atoms with Gasteiger partial charge < -0.3 is 9.26 Å². The van der Waals surface area contributed by atoms with Crippen molar-refractivity contribution < 1.29 is 22.4 Å². The normalized spacial score (nSPS) is 11.9. The van der Waals surface area contributed by atoms with Crippen LogP contribution in [-0.4, -0.2) is 28.5 Å². The van der Waals surface area contributed by atoms with Gasteiger partial charge in [-0.2, -0.15) is 4.98 Å². The third kappa shape index (κ3) is 4.73. The van der Waals surface area contributed by atoms with Crippen LogP contribution in [0.1, 0.15) is 24.2 Å². The number of rotatable bonds is 6. The number of ether oxygens (including phenoxy) is 1. The van der Waals surface area contributed by atoms with Gasteiger partial charge in [-0.05, 0) is 13.1 Å². The third-order valence-electron chi connectivity index (χ3n) is 2.87. The van der Waals surface area contributed by atoms with Crippen molar-refractivity contribution >= 4 is 0 Å². The number of hydrogen-bond donors (Lipinski definition) is 0. The summed E-state index contributed by atoms with van der Waals surface area (Å²) in [7, 11) is 1.75. The number of hydrogen-bond acceptors (Lipinski definition) is 5. The molecule has 2 rings (SSSR count). The summed E-state index contributed by atoms with van der Waals surface area (Å²) in [5, 5.41) is 3.77. The topological polar surface area (TPSA) is 51.4 Å². The van der Waals surface area contributed by atoms with Crippen molar-refractivity contribution in [2.24, 2.45) is 0 Å². The van der Waals surface area contributed by atoms with Crippen molar-refractivity contribution in [2.45, 2.75) is 32.8 Å². The third-order valence-corrected chi connectivity index (χ3v) is 2.87. The van der Waals surface area contributed by atoms with Gasteiger partial charge in [-0.1, -0.05) is 30.3 Å². The first-order valence-electron chi connectivity index (χ1n) is 6.71. The van der Waals surface area contributed by atoms with E-state index in [1.54, 1.807) is 24.1 Å². The lowest BCUT2D eigenvalue weighted by Crippen LogP contribution is -2.21. The fourth-order valence-electron chi connectivity index (χ4n) is 1.93. The highest BCUT2D eigenvalue weighted by molar-refractivity contribution is 5.33. The highest BCUT2D eigenvalue weighted by Gasteiger charge is 2.32. The van der Waals surface area contributed by atoms with E-state index in [0.717, 1.165) is 0 Å². The molecule has 0 unspecified atom stereocenters. The zero-order valence-corrected chi connectivity index (χ0v) is 12.2. The highest BCUT2D eigenvalue weighted by Crippen LogP contribution is 2.27. The van der Waals surface area contributed by atoms with Crippen LogP contribution in [0.4, 0.5) is 13.2 Å². The van der Waals surface area contributed by atoms with Gasteiger partial charge in [0.25, 0.3) is 0 Å². The van der Waals surface area contributed by atoms with Gasteiger partial charge in [0.15, 0.2) is 5.82 Å². The van der Waals surface area contributed by atoms with Crippen LogP contribution < -0.4 is 4.74 Å². The van der Waals surface area contributed by atoms with E-state index in [4.69, 9.17) is 4.52 Å². The fourth-order valence-corrected chi connectivity index (χ4v) is 1.93. The minimum atomic E-state index is -4.71. The van der Waals surface area contributed by atoms with Crippen molar-refractivity contribution in [1.29, 1.82) is 0 Å². The summed E-state index contributed by atoms with van der Waals surface area (Å²) in [6.07, 6.45) is -4.05. The van der Waals surface area contributed by atoms with Crippen LogP contribution in [0.5, 0.6) is 5.75 Å². The molecule has 1 aromatic carbocycles. The smallest absolute Gasteiger partial charge is 0.405 e. The molecule has 0 aliphatic carbocycles. The standard InChI is InChI=1S/C14H16F3N3O2/c1-3-12-18-13(22-19-12)9-20(2)8-10-6-4-5-7-11(10)21-14(15,16)17/h4-7H,3,8-9H2,1-2H3. The van der Waals surface area contributed by atoms with E-state index in [1.807, 2.05) is 6.92 Å². The van der Waals surface area contributed by atoms with E-state index in [9.17, 15) is 13.2 Å². The van der Waals surface area contributed by atoms with E-state index in [2.05, 4.69) is 14.9 Å². The van der Waals surface area contributed by atoms with Crippen LogP contribution in [0.3, 0.4) is 0 Å². The maximum absolute atomic E-state index is 12.4. The molecule has 0 aliphatic rings. The zero-order chi connectivity index (χ0) is 16.2. The van der Waals surface area contributed by atoms with Gasteiger partial charge >= 0.3 is 6.36 Å². The predicted octanol–water partition coefficient (Wildman–Crippen LogP) is 3.16. The Bertz CT molecular complexity index is 613. The molecule has 1 aromatic heterocycles. The second-order valence-corrected chi connectivity index (χ2v) is 4.79. The lowest BCUT2D eigenvalue weighted by molar-refractivity contribution is -0.275. The molecular formula is C14H16F3N3O2. The number of aryl methyl sites for hydroxylation is 1. The minimum absolute atomic E-state index is 0.207. The van der Waals surface area contributed by atoms with Crippen LogP contribution in [0, 0.1) is 0 Å². The highest BCUT2D eigenvalue weighted by atomic mass is 19.4. The van der Waals surface area contributed by atoms with Crippen LogP contribution in [0.15, 0.2) is 28.8 Å². The molecule has 0 fully saturated rings. The van der Waals surface area contributed by atoms with Crippen LogP contribution >= 0.6 is 0 Å². The molecule has 1 heterocycles. The molecule has 0 N–H and O–H groups in total. The summed E-state index contributed by atoms with van der Waals surface area (Å²) >= 11 is 0. The van der Waals surface area contributed by atoms with Gasteiger partial charge in [0.05, 0.1) is 6.54 Å².